The minimum absolute atomic E-state index is 0.0240. The molecule has 0 aliphatic carbocycles. The zero-order valence-electron chi connectivity index (χ0n) is 22.2. The molecule has 4 rings (SSSR count). The zero-order chi connectivity index (χ0) is 27.3. The minimum atomic E-state index is -0.766. The van der Waals surface area contributed by atoms with Gasteiger partial charge in [0.2, 0.25) is 0 Å². The highest BCUT2D eigenvalue weighted by Crippen LogP contribution is 2.36. The van der Waals surface area contributed by atoms with Gasteiger partial charge in [-0.2, -0.15) is 0 Å². The van der Waals surface area contributed by atoms with Crippen molar-refractivity contribution >= 4 is 12.1 Å². The highest BCUT2D eigenvalue weighted by molar-refractivity contribution is 5.82. The molecule has 204 valence electrons. The van der Waals surface area contributed by atoms with Crippen LogP contribution in [0, 0.1) is 5.82 Å². The van der Waals surface area contributed by atoms with Crippen molar-refractivity contribution < 1.29 is 32.9 Å². The van der Waals surface area contributed by atoms with E-state index in [0.29, 0.717) is 19.4 Å². The average Bonchev–Trinajstić information content (AvgIpc) is 2.90. The highest BCUT2D eigenvalue weighted by atomic mass is 19.1. The molecule has 7 nitrogen and oxygen atoms in total. The smallest absolute Gasteiger partial charge is 0.431 e. The van der Waals surface area contributed by atoms with Gasteiger partial charge >= 0.3 is 6.16 Å². The molecule has 0 bridgehead atoms. The van der Waals surface area contributed by atoms with Gasteiger partial charge in [-0.05, 0) is 68.9 Å². The summed E-state index contributed by atoms with van der Waals surface area (Å²) in [6, 6.07) is 14.1. The molecule has 0 unspecified atom stereocenters. The lowest BCUT2D eigenvalue weighted by Crippen LogP contribution is -2.48. The van der Waals surface area contributed by atoms with E-state index in [1.807, 2.05) is 23.1 Å². The third kappa shape index (κ3) is 6.99. The molecule has 0 N–H and O–H groups in total. The molecular weight excluding hydrogens is 489 g/mol. The van der Waals surface area contributed by atoms with Gasteiger partial charge in [0, 0.05) is 6.54 Å². The third-order valence-electron chi connectivity index (χ3n) is 6.65. The molecule has 2 aliphatic rings. The maximum absolute atomic E-state index is 13.7. The number of halogens is 1. The van der Waals surface area contributed by atoms with Crippen molar-refractivity contribution in [1.29, 1.82) is 0 Å². The number of benzene rings is 2. The van der Waals surface area contributed by atoms with E-state index in [1.165, 1.54) is 17.7 Å². The maximum Gasteiger partial charge on any atom is 0.508 e. The topological polar surface area (TPSA) is 74.3 Å². The van der Waals surface area contributed by atoms with E-state index in [9.17, 15) is 14.0 Å². The van der Waals surface area contributed by atoms with Gasteiger partial charge in [0.05, 0.1) is 18.8 Å². The van der Waals surface area contributed by atoms with Crippen LogP contribution < -0.4 is 0 Å². The summed E-state index contributed by atoms with van der Waals surface area (Å²) in [4.78, 5) is 27.4. The fourth-order valence-electron chi connectivity index (χ4n) is 4.86. The standard InChI is InChI=1S/C30H36FNO6/c1-5-23(18-36-29(34)38-30(2,3)4)37-24-14-15-26(35-19-24)28(33)32-17-16-20-8-6-7-9-25(20)27(32)21-10-12-22(31)13-11-21/h5-13,23-24,26-27H,1,14-19H2,2-4H3/t23-,24-,26-,27+/m1/s1. The summed E-state index contributed by atoms with van der Waals surface area (Å²) < 4.78 is 36.0. The highest BCUT2D eigenvalue weighted by Gasteiger charge is 2.38. The Balaban J connectivity index is 1.36. The van der Waals surface area contributed by atoms with Crippen molar-refractivity contribution in [3.63, 3.8) is 0 Å². The lowest BCUT2D eigenvalue weighted by atomic mass is 9.87. The first kappa shape index (κ1) is 27.8. The third-order valence-corrected chi connectivity index (χ3v) is 6.65. The van der Waals surface area contributed by atoms with E-state index in [1.54, 1.807) is 39.0 Å². The summed E-state index contributed by atoms with van der Waals surface area (Å²) >= 11 is 0. The molecule has 4 atom stereocenters. The van der Waals surface area contributed by atoms with Gasteiger partial charge in [0.15, 0.2) is 0 Å². The van der Waals surface area contributed by atoms with Crippen LogP contribution in [-0.4, -0.2) is 60.6 Å². The van der Waals surface area contributed by atoms with Crippen molar-refractivity contribution in [2.75, 3.05) is 19.8 Å². The first-order valence-corrected chi connectivity index (χ1v) is 13.0. The Labute approximate surface area is 223 Å². The molecule has 0 saturated carbocycles. The summed E-state index contributed by atoms with van der Waals surface area (Å²) in [6.45, 7) is 9.81. The number of hydrogen-bond acceptors (Lipinski definition) is 6. The van der Waals surface area contributed by atoms with Crippen LogP contribution in [0.3, 0.4) is 0 Å². The Hall–Kier alpha value is -3.23. The lowest BCUT2D eigenvalue weighted by molar-refractivity contribution is -0.159. The zero-order valence-corrected chi connectivity index (χ0v) is 22.2. The van der Waals surface area contributed by atoms with Crippen LogP contribution in [0.15, 0.2) is 61.2 Å². The maximum atomic E-state index is 13.7. The van der Waals surface area contributed by atoms with Crippen LogP contribution in [0.4, 0.5) is 9.18 Å². The van der Waals surface area contributed by atoms with Gasteiger partial charge in [-0.25, -0.2) is 9.18 Å². The van der Waals surface area contributed by atoms with Crippen molar-refractivity contribution in [3.05, 3.63) is 83.7 Å². The number of fused-ring (bicyclic) bond motifs is 1. The van der Waals surface area contributed by atoms with E-state index < -0.39 is 24.0 Å². The predicted octanol–water partition coefficient (Wildman–Crippen LogP) is 5.37. The summed E-state index contributed by atoms with van der Waals surface area (Å²) in [6.07, 6.45) is 1.27. The molecule has 1 fully saturated rings. The minimum Gasteiger partial charge on any atom is -0.431 e. The Morgan fingerprint density at radius 3 is 2.55 bits per heavy atom. The van der Waals surface area contributed by atoms with E-state index in [-0.39, 0.29) is 37.1 Å². The van der Waals surface area contributed by atoms with Gasteiger partial charge in [-0.1, -0.05) is 42.5 Å². The molecule has 8 heteroatoms. The molecule has 1 amide bonds. The van der Waals surface area contributed by atoms with Gasteiger partial charge in [-0.15, -0.1) is 6.58 Å². The van der Waals surface area contributed by atoms with Crippen LogP contribution in [-0.2, 0) is 30.2 Å². The number of rotatable bonds is 7. The molecule has 38 heavy (non-hydrogen) atoms. The average molecular weight is 526 g/mol. The van der Waals surface area contributed by atoms with Crippen LogP contribution in [0.1, 0.15) is 56.3 Å². The number of carbonyl (C=O) groups excluding carboxylic acids is 2. The summed E-state index contributed by atoms with van der Waals surface area (Å²) in [5, 5.41) is 0. The van der Waals surface area contributed by atoms with Gasteiger partial charge < -0.3 is 23.8 Å². The Morgan fingerprint density at radius 1 is 1.16 bits per heavy atom. The number of nitrogens with zero attached hydrogens (tertiary/aromatic N) is 1. The molecule has 2 aromatic rings. The molecule has 2 aromatic carbocycles. The number of amides is 1. The van der Waals surface area contributed by atoms with Crippen LogP contribution in [0.5, 0.6) is 0 Å². The molecule has 1 saturated heterocycles. The predicted molar refractivity (Wildman–Crippen MR) is 140 cm³/mol. The van der Waals surface area contributed by atoms with Gasteiger partial charge in [0.1, 0.15) is 30.2 Å². The van der Waals surface area contributed by atoms with E-state index in [4.69, 9.17) is 18.9 Å². The normalized spacial score (nSPS) is 22.2. The first-order chi connectivity index (χ1) is 18.1. The second kappa shape index (κ2) is 12.1. The Kier molecular flexibility index (Phi) is 8.84. The van der Waals surface area contributed by atoms with Crippen molar-refractivity contribution in [3.8, 4) is 0 Å². The number of carbonyl (C=O) groups is 2. The van der Waals surface area contributed by atoms with E-state index in [2.05, 4.69) is 12.6 Å². The summed E-state index contributed by atoms with van der Waals surface area (Å²) in [5.41, 5.74) is 2.46. The lowest BCUT2D eigenvalue weighted by Gasteiger charge is -2.40. The number of hydrogen-bond donors (Lipinski definition) is 0. The molecular formula is C30H36FNO6. The van der Waals surface area contributed by atoms with Gasteiger partial charge in [0.25, 0.3) is 5.91 Å². The van der Waals surface area contributed by atoms with Crippen LogP contribution >= 0.6 is 0 Å². The summed E-state index contributed by atoms with van der Waals surface area (Å²) in [7, 11) is 0. The summed E-state index contributed by atoms with van der Waals surface area (Å²) in [5.74, 6) is -0.396. The van der Waals surface area contributed by atoms with Gasteiger partial charge in [-0.3, -0.25) is 4.79 Å². The first-order valence-electron chi connectivity index (χ1n) is 13.0. The fourth-order valence-corrected chi connectivity index (χ4v) is 4.86. The quantitative estimate of drug-likeness (QED) is 0.357. The van der Waals surface area contributed by atoms with E-state index >= 15 is 0 Å². The second-order valence-corrected chi connectivity index (χ2v) is 10.6. The monoisotopic (exact) mass is 525 g/mol. The molecule has 0 spiro atoms. The van der Waals surface area contributed by atoms with Crippen molar-refractivity contribution in [2.45, 2.75) is 70.0 Å². The largest absolute Gasteiger partial charge is 0.508 e. The van der Waals surface area contributed by atoms with E-state index in [0.717, 1.165) is 17.5 Å². The van der Waals surface area contributed by atoms with Crippen molar-refractivity contribution in [2.24, 2.45) is 0 Å². The molecule has 0 aromatic heterocycles. The molecule has 2 aliphatic heterocycles. The fraction of sp³-hybridized carbons (Fsp3) is 0.467. The van der Waals surface area contributed by atoms with Crippen LogP contribution in [0.2, 0.25) is 0 Å². The SMILES string of the molecule is C=C[C@H](COC(=O)OC(C)(C)C)O[C@@H]1CC[C@H](C(=O)N2CCc3ccccc3[C@@H]2c2ccc(F)cc2)OC1. The van der Waals surface area contributed by atoms with Crippen LogP contribution in [0.25, 0.3) is 0 Å². The Morgan fingerprint density at radius 2 is 1.89 bits per heavy atom. The molecule has 2 heterocycles. The second-order valence-electron chi connectivity index (χ2n) is 10.6. The van der Waals surface area contributed by atoms with Crippen molar-refractivity contribution in [1.82, 2.24) is 4.90 Å². The molecule has 0 radical (unpaired) electrons. The number of ether oxygens (including phenoxy) is 4. The Bertz CT molecular complexity index is 1120.